The van der Waals surface area contributed by atoms with Crippen LogP contribution in [-0.2, 0) is 4.74 Å². The van der Waals surface area contributed by atoms with E-state index in [1.54, 1.807) is 11.3 Å². The molecule has 1 aliphatic heterocycles. The van der Waals surface area contributed by atoms with E-state index in [2.05, 4.69) is 40.1 Å². The summed E-state index contributed by atoms with van der Waals surface area (Å²) in [6, 6.07) is 2.18. The van der Waals surface area contributed by atoms with Crippen molar-refractivity contribution in [3.8, 4) is 0 Å². The first-order chi connectivity index (χ1) is 9.17. The number of fused-ring (bicyclic) bond motifs is 1. The predicted molar refractivity (Wildman–Crippen MR) is 79.3 cm³/mol. The lowest BCUT2D eigenvalue weighted by Crippen LogP contribution is -2.41. The van der Waals surface area contributed by atoms with Crippen molar-refractivity contribution >= 4 is 33.3 Å². The van der Waals surface area contributed by atoms with E-state index in [1.165, 1.54) is 4.88 Å². The molecule has 0 amide bonds. The smallest absolute Gasteiger partial charge is 0.225 e. The SMILES string of the molecule is CNc1nc(N2CCOC(C)C2)c2cc(C)sc2n1. The molecule has 1 saturated heterocycles. The molecule has 19 heavy (non-hydrogen) atoms. The molecule has 3 heterocycles. The zero-order chi connectivity index (χ0) is 13.4. The lowest BCUT2D eigenvalue weighted by molar-refractivity contribution is 0.0530. The van der Waals surface area contributed by atoms with Crippen molar-refractivity contribution in [2.24, 2.45) is 0 Å². The van der Waals surface area contributed by atoms with Crippen LogP contribution in [0.1, 0.15) is 11.8 Å². The zero-order valence-corrected chi connectivity index (χ0v) is 12.3. The van der Waals surface area contributed by atoms with E-state index in [1.807, 2.05) is 7.05 Å². The molecule has 1 aliphatic rings. The lowest BCUT2D eigenvalue weighted by atomic mass is 10.2. The quantitative estimate of drug-likeness (QED) is 0.913. The molecule has 6 heteroatoms. The maximum Gasteiger partial charge on any atom is 0.225 e. The van der Waals surface area contributed by atoms with E-state index in [0.717, 1.165) is 35.7 Å². The molecular formula is C13H18N4OS. The van der Waals surface area contributed by atoms with E-state index in [4.69, 9.17) is 4.74 Å². The Morgan fingerprint density at radius 2 is 2.32 bits per heavy atom. The van der Waals surface area contributed by atoms with Gasteiger partial charge in [-0.1, -0.05) is 0 Å². The van der Waals surface area contributed by atoms with E-state index in [0.29, 0.717) is 5.95 Å². The Morgan fingerprint density at radius 3 is 3.05 bits per heavy atom. The second-order valence-electron chi connectivity index (χ2n) is 4.82. The number of nitrogens with zero attached hydrogens (tertiary/aromatic N) is 3. The van der Waals surface area contributed by atoms with Gasteiger partial charge in [-0.15, -0.1) is 11.3 Å². The summed E-state index contributed by atoms with van der Waals surface area (Å²) < 4.78 is 5.61. The molecule has 0 aliphatic carbocycles. The van der Waals surface area contributed by atoms with Crippen molar-refractivity contribution in [2.45, 2.75) is 20.0 Å². The zero-order valence-electron chi connectivity index (χ0n) is 11.4. The van der Waals surface area contributed by atoms with Gasteiger partial charge in [0.2, 0.25) is 5.95 Å². The number of anilines is 2. The molecule has 1 unspecified atom stereocenters. The van der Waals surface area contributed by atoms with Crippen molar-refractivity contribution in [3.05, 3.63) is 10.9 Å². The molecule has 0 radical (unpaired) electrons. The number of rotatable bonds is 2. The molecule has 5 nitrogen and oxygen atoms in total. The first-order valence-corrected chi connectivity index (χ1v) is 7.31. The van der Waals surface area contributed by atoms with Crippen molar-refractivity contribution < 1.29 is 4.74 Å². The Labute approximate surface area is 116 Å². The van der Waals surface area contributed by atoms with Crippen molar-refractivity contribution in [3.63, 3.8) is 0 Å². The largest absolute Gasteiger partial charge is 0.375 e. The van der Waals surface area contributed by atoms with Crippen LogP contribution in [0.15, 0.2) is 6.07 Å². The average Bonchev–Trinajstić information content (AvgIpc) is 2.77. The van der Waals surface area contributed by atoms with Gasteiger partial charge < -0.3 is 15.0 Å². The van der Waals surface area contributed by atoms with Crippen LogP contribution in [0.4, 0.5) is 11.8 Å². The van der Waals surface area contributed by atoms with E-state index < -0.39 is 0 Å². The van der Waals surface area contributed by atoms with Gasteiger partial charge in [0.15, 0.2) is 0 Å². The van der Waals surface area contributed by atoms with Crippen LogP contribution in [0.2, 0.25) is 0 Å². The van der Waals surface area contributed by atoms with Gasteiger partial charge in [0.1, 0.15) is 10.6 Å². The predicted octanol–water partition coefficient (Wildman–Crippen LogP) is 2.27. The topological polar surface area (TPSA) is 50.3 Å². The third-order valence-electron chi connectivity index (χ3n) is 3.26. The Kier molecular flexibility index (Phi) is 3.28. The highest BCUT2D eigenvalue weighted by Crippen LogP contribution is 2.32. The lowest BCUT2D eigenvalue weighted by Gasteiger charge is -2.32. The Bertz CT molecular complexity index is 598. The van der Waals surface area contributed by atoms with Crippen LogP contribution in [-0.4, -0.2) is 42.8 Å². The molecule has 2 aromatic rings. The number of nitrogens with one attached hydrogen (secondary N) is 1. The minimum Gasteiger partial charge on any atom is -0.375 e. The summed E-state index contributed by atoms with van der Waals surface area (Å²) in [6.07, 6.45) is 0.247. The second kappa shape index (κ2) is 4.94. The summed E-state index contributed by atoms with van der Waals surface area (Å²) in [6.45, 7) is 6.73. The summed E-state index contributed by atoms with van der Waals surface area (Å²) in [5.41, 5.74) is 0. The third kappa shape index (κ3) is 2.37. The number of morpholine rings is 1. The molecule has 0 aromatic carbocycles. The van der Waals surface area contributed by atoms with Crippen LogP contribution in [0.5, 0.6) is 0 Å². The summed E-state index contributed by atoms with van der Waals surface area (Å²) in [5, 5.41) is 4.19. The number of thiophene rings is 1. The van der Waals surface area contributed by atoms with Gasteiger partial charge >= 0.3 is 0 Å². The molecule has 3 rings (SSSR count). The number of aromatic nitrogens is 2. The number of ether oxygens (including phenoxy) is 1. The fourth-order valence-electron chi connectivity index (χ4n) is 2.39. The summed E-state index contributed by atoms with van der Waals surface area (Å²) in [7, 11) is 1.85. The Balaban J connectivity index is 2.09. The Morgan fingerprint density at radius 1 is 1.47 bits per heavy atom. The molecule has 1 atom stereocenters. The summed E-state index contributed by atoms with van der Waals surface area (Å²) in [4.78, 5) is 13.8. The highest BCUT2D eigenvalue weighted by atomic mass is 32.1. The molecule has 0 saturated carbocycles. The van der Waals surface area contributed by atoms with Gasteiger partial charge in [0.05, 0.1) is 18.1 Å². The highest BCUT2D eigenvalue weighted by Gasteiger charge is 2.21. The maximum atomic E-state index is 5.61. The number of hydrogen-bond donors (Lipinski definition) is 1. The number of aryl methyl sites for hydroxylation is 1. The molecule has 1 N–H and O–H groups in total. The van der Waals surface area contributed by atoms with E-state index >= 15 is 0 Å². The van der Waals surface area contributed by atoms with Gasteiger partial charge in [-0.25, -0.2) is 4.98 Å². The van der Waals surface area contributed by atoms with Gasteiger partial charge in [0, 0.05) is 25.0 Å². The Hall–Kier alpha value is -1.40. The van der Waals surface area contributed by atoms with Crippen LogP contribution >= 0.6 is 11.3 Å². The fraction of sp³-hybridized carbons (Fsp3) is 0.538. The van der Waals surface area contributed by atoms with Crippen molar-refractivity contribution in [2.75, 3.05) is 37.0 Å². The average molecular weight is 278 g/mol. The fourth-order valence-corrected chi connectivity index (χ4v) is 3.26. The van der Waals surface area contributed by atoms with Crippen LogP contribution in [0, 0.1) is 6.92 Å². The minimum atomic E-state index is 0.247. The molecular weight excluding hydrogens is 260 g/mol. The van der Waals surface area contributed by atoms with Crippen LogP contribution in [0.3, 0.4) is 0 Å². The maximum absolute atomic E-state index is 5.61. The van der Waals surface area contributed by atoms with E-state index in [-0.39, 0.29) is 6.10 Å². The van der Waals surface area contributed by atoms with Crippen molar-refractivity contribution in [1.82, 2.24) is 9.97 Å². The second-order valence-corrected chi connectivity index (χ2v) is 6.06. The van der Waals surface area contributed by atoms with Gasteiger partial charge in [-0.2, -0.15) is 4.98 Å². The normalized spacial score (nSPS) is 19.9. The van der Waals surface area contributed by atoms with Gasteiger partial charge in [-0.05, 0) is 19.9 Å². The number of hydrogen-bond acceptors (Lipinski definition) is 6. The van der Waals surface area contributed by atoms with Crippen LogP contribution < -0.4 is 10.2 Å². The summed E-state index contributed by atoms with van der Waals surface area (Å²) in [5.74, 6) is 1.71. The molecule has 0 bridgehead atoms. The van der Waals surface area contributed by atoms with Crippen LogP contribution in [0.25, 0.3) is 10.2 Å². The molecule has 102 valence electrons. The standard InChI is InChI=1S/C13H18N4OS/c1-8-7-17(4-5-18-8)11-10-6-9(2)19-12(10)16-13(14-3)15-11/h6,8H,4-5,7H2,1-3H3,(H,14,15,16). The monoisotopic (exact) mass is 278 g/mol. The van der Waals surface area contributed by atoms with Crippen molar-refractivity contribution in [1.29, 1.82) is 0 Å². The third-order valence-corrected chi connectivity index (χ3v) is 4.20. The first-order valence-electron chi connectivity index (χ1n) is 6.50. The van der Waals surface area contributed by atoms with Gasteiger partial charge in [0.25, 0.3) is 0 Å². The molecule has 1 fully saturated rings. The molecule has 2 aromatic heterocycles. The first kappa shape index (κ1) is 12.6. The van der Waals surface area contributed by atoms with E-state index in [9.17, 15) is 0 Å². The summed E-state index contributed by atoms with van der Waals surface area (Å²) >= 11 is 1.71. The minimum absolute atomic E-state index is 0.247. The molecule has 0 spiro atoms. The van der Waals surface area contributed by atoms with Gasteiger partial charge in [-0.3, -0.25) is 0 Å². The highest BCUT2D eigenvalue weighted by molar-refractivity contribution is 7.18.